The van der Waals surface area contributed by atoms with E-state index in [9.17, 15) is 4.79 Å². The number of rotatable bonds is 9. The normalized spacial score (nSPS) is 11.3. The maximum atomic E-state index is 13.2. The molecule has 0 spiro atoms. The van der Waals surface area contributed by atoms with Crippen LogP contribution in [0, 0.1) is 6.92 Å². The van der Waals surface area contributed by atoms with Gasteiger partial charge in [-0.05, 0) is 54.4 Å². The molecular formula is C31H31N9O. The van der Waals surface area contributed by atoms with Gasteiger partial charge in [0.1, 0.15) is 11.4 Å². The van der Waals surface area contributed by atoms with E-state index in [2.05, 4.69) is 61.5 Å². The highest BCUT2D eigenvalue weighted by molar-refractivity contribution is 5.96. The molecule has 41 heavy (non-hydrogen) atoms. The lowest BCUT2D eigenvalue weighted by Gasteiger charge is -2.14. The number of hydrogen-bond acceptors (Lipinski definition) is 6. The van der Waals surface area contributed by atoms with E-state index in [0.29, 0.717) is 23.8 Å². The molecule has 0 saturated heterocycles. The molecule has 0 aliphatic carbocycles. The number of para-hydroxylation sites is 1. The summed E-state index contributed by atoms with van der Waals surface area (Å²) in [6.45, 7) is 6.30. The van der Waals surface area contributed by atoms with Crippen molar-refractivity contribution < 1.29 is 4.79 Å². The predicted molar refractivity (Wildman–Crippen MR) is 158 cm³/mol. The van der Waals surface area contributed by atoms with Crippen LogP contribution in [0.3, 0.4) is 0 Å². The zero-order chi connectivity index (χ0) is 28.3. The van der Waals surface area contributed by atoms with Crippen LogP contribution in [0.5, 0.6) is 0 Å². The fourth-order valence-electron chi connectivity index (χ4n) is 4.92. The van der Waals surface area contributed by atoms with Crippen molar-refractivity contribution in [2.75, 3.05) is 13.6 Å². The molecule has 4 aromatic heterocycles. The molecule has 0 aliphatic rings. The lowest BCUT2D eigenvalue weighted by Crippen LogP contribution is -2.26. The van der Waals surface area contributed by atoms with Crippen LogP contribution < -0.4 is 5.32 Å². The first-order valence-corrected chi connectivity index (χ1v) is 13.5. The number of nitrogens with zero attached hydrogens (tertiary/aromatic N) is 6. The van der Waals surface area contributed by atoms with Crippen molar-refractivity contribution in [1.29, 1.82) is 0 Å². The summed E-state index contributed by atoms with van der Waals surface area (Å²) in [5.41, 5.74) is 8.29. The number of pyridine rings is 1. The Balaban J connectivity index is 1.22. The Morgan fingerprint density at radius 1 is 1.07 bits per heavy atom. The summed E-state index contributed by atoms with van der Waals surface area (Å²) >= 11 is 0. The smallest absolute Gasteiger partial charge is 0.271 e. The molecule has 3 N–H and O–H groups in total. The second kappa shape index (κ2) is 11.2. The van der Waals surface area contributed by atoms with Gasteiger partial charge in [0, 0.05) is 55.2 Å². The van der Waals surface area contributed by atoms with Gasteiger partial charge in [-0.1, -0.05) is 31.2 Å². The molecule has 6 aromatic rings. The van der Waals surface area contributed by atoms with Crippen LogP contribution in [0.1, 0.15) is 34.1 Å². The van der Waals surface area contributed by atoms with Gasteiger partial charge in [0.25, 0.3) is 5.91 Å². The van der Waals surface area contributed by atoms with Gasteiger partial charge < -0.3 is 15.2 Å². The third-order valence-corrected chi connectivity index (χ3v) is 7.21. The number of H-pyrrole nitrogens is 2. The Morgan fingerprint density at radius 3 is 2.76 bits per heavy atom. The number of aromatic nitrogens is 7. The van der Waals surface area contributed by atoms with Crippen LogP contribution in [0.4, 0.5) is 0 Å². The summed E-state index contributed by atoms with van der Waals surface area (Å²) in [5.74, 6) is 0.355. The van der Waals surface area contributed by atoms with Gasteiger partial charge in [0.2, 0.25) is 0 Å². The van der Waals surface area contributed by atoms with Crippen molar-refractivity contribution in [2.24, 2.45) is 0 Å². The highest BCUT2D eigenvalue weighted by Crippen LogP contribution is 2.31. The Labute approximate surface area is 237 Å². The van der Waals surface area contributed by atoms with E-state index in [1.54, 1.807) is 29.0 Å². The predicted octanol–water partition coefficient (Wildman–Crippen LogP) is 4.89. The minimum Gasteiger partial charge on any atom is -0.336 e. The highest BCUT2D eigenvalue weighted by Gasteiger charge is 2.19. The number of hydrogen-bond donors (Lipinski definition) is 3. The van der Waals surface area contributed by atoms with Gasteiger partial charge >= 0.3 is 0 Å². The minimum absolute atomic E-state index is 0.170. The van der Waals surface area contributed by atoms with Gasteiger partial charge in [0.05, 0.1) is 23.6 Å². The summed E-state index contributed by atoms with van der Waals surface area (Å²) in [5, 5.41) is 16.3. The van der Waals surface area contributed by atoms with Crippen LogP contribution in [-0.2, 0) is 13.1 Å². The average molecular weight is 546 g/mol. The van der Waals surface area contributed by atoms with Crippen LogP contribution in [0.25, 0.3) is 39.2 Å². The fraction of sp³-hybridized carbons (Fsp3) is 0.194. The van der Waals surface area contributed by atoms with Crippen molar-refractivity contribution in [3.8, 4) is 28.3 Å². The number of amides is 1. The summed E-state index contributed by atoms with van der Waals surface area (Å²) in [6.07, 6.45) is 9.07. The summed E-state index contributed by atoms with van der Waals surface area (Å²) in [7, 11) is 1.76. The SMILES string of the molecule is CCNCc1cncc(-c2ccc3[nH]nc(-c4ncc(C(=O)N(C)Cc5cnn(-c6ccccc6)c5)[nH]4)c3c2)c1C. The van der Waals surface area contributed by atoms with Crippen molar-refractivity contribution in [1.82, 2.24) is 45.1 Å². The van der Waals surface area contributed by atoms with E-state index in [-0.39, 0.29) is 5.91 Å². The van der Waals surface area contributed by atoms with Crippen molar-refractivity contribution in [3.05, 3.63) is 102 Å². The number of fused-ring (bicyclic) bond motifs is 1. The van der Waals surface area contributed by atoms with Gasteiger partial charge in [0.15, 0.2) is 5.82 Å². The molecule has 10 nitrogen and oxygen atoms in total. The lowest BCUT2D eigenvalue weighted by atomic mass is 9.98. The first-order chi connectivity index (χ1) is 20.0. The Hall–Kier alpha value is -5.09. The number of aromatic amines is 2. The molecule has 0 atom stereocenters. The first-order valence-electron chi connectivity index (χ1n) is 13.5. The van der Waals surface area contributed by atoms with Gasteiger partial charge in [-0.15, -0.1) is 0 Å². The molecule has 10 heteroatoms. The molecule has 0 aliphatic heterocycles. The minimum atomic E-state index is -0.170. The summed E-state index contributed by atoms with van der Waals surface area (Å²) in [6, 6.07) is 16.0. The first kappa shape index (κ1) is 26.1. The molecule has 1 amide bonds. The topological polar surface area (TPSA) is 120 Å². The van der Waals surface area contributed by atoms with Crippen LogP contribution >= 0.6 is 0 Å². The standard InChI is InChI=1S/C31H31N9O/c1-4-32-14-23-15-33-16-26(20(23)2)22-10-11-27-25(12-22)29(38-37-27)30-34-17-28(36-30)31(41)39(3)18-21-13-35-40(19-21)24-8-6-5-7-9-24/h5-13,15-17,19,32H,4,14,18H2,1-3H3,(H,34,36)(H,37,38). The van der Waals surface area contributed by atoms with Crippen LogP contribution in [0.15, 0.2) is 79.5 Å². The van der Waals surface area contributed by atoms with E-state index in [0.717, 1.165) is 46.4 Å². The summed E-state index contributed by atoms with van der Waals surface area (Å²) in [4.78, 5) is 27.1. The van der Waals surface area contributed by atoms with Gasteiger partial charge in [-0.25, -0.2) is 9.67 Å². The molecule has 0 radical (unpaired) electrons. The Morgan fingerprint density at radius 2 is 1.93 bits per heavy atom. The van der Waals surface area contributed by atoms with E-state index < -0.39 is 0 Å². The van der Waals surface area contributed by atoms with E-state index in [1.165, 1.54) is 11.1 Å². The number of nitrogens with one attached hydrogen (secondary N) is 3. The van der Waals surface area contributed by atoms with E-state index in [4.69, 9.17) is 0 Å². The fourth-order valence-corrected chi connectivity index (χ4v) is 4.92. The summed E-state index contributed by atoms with van der Waals surface area (Å²) < 4.78 is 1.80. The second-order valence-corrected chi connectivity index (χ2v) is 10.0. The van der Waals surface area contributed by atoms with Gasteiger partial charge in [-0.3, -0.25) is 14.9 Å². The van der Waals surface area contributed by atoms with Crippen molar-refractivity contribution in [3.63, 3.8) is 0 Å². The van der Waals surface area contributed by atoms with Gasteiger partial charge in [-0.2, -0.15) is 10.2 Å². The second-order valence-electron chi connectivity index (χ2n) is 10.0. The largest absolute Gasteiger partial charge is 0.336 e. The number of benzene rings is 2. The molecule has 6 rings (SSSR count). The highest BCUT2D eigenvalue weighted by atomic mass is 16.2. The monoisotopic (exact) mass is 545 g/mol. The molecule has 4 heterocycles. The third-order valence-electron chi connectivity index (χ3n) is 7.21. The molecule has 206 valence electrons. The molecular weight excluding hydrogens is 514 g/mol. The molecule has 0 saturated carbocycles. The van der Waals surface area contributed by atoms with Crippen LogP contribution in [-0.4, -0.2) is 59.3 Å². The number of carbonyl (C=O) groups is 1. The van der Waals surface area contributed by atoms with E-state index in [1.807, 2.05) is 55.0 Å². The Kier molecular flexibility index (Phi) is 7.13. The van der Waals surface area contributed by atoms with E-state index >= 15 is 0 Å². The Bertz CT molecular complexity index is 1820. The third kappa shape index (κ3) is 5.24. The van der Waals surface area contributed by atoms with Crippen LogP contribution in [0.2, 0.25) is 0 Å². The molecule has 0 bridgehead atoms. The quantitative estimate of drug-likeness (QED) is 0.238. The average Bonchev–Trinajstić information content (AvgIpc) is 3.76. The number of carbonyl (C=O) groups excluding carboxylic acids is 1. The maximum Gasteiger partial charge on any atom is 0.271 e. The molecule has 0 fully saturated rings. The van der Waals surface area contributed by atoms with Crippen molar-refractivity contribution in [2.45, 2.75) is 26.9 Å². The zero-order valence-electron chi connectivity index (χ0n) is 23.2. The molecule has 0 unspecified atom stereocenters. The number of imidazole rings is 1. The van der Waals surface area contributed by atoms with Crippen molar-refractivity contribution >= 4 is 16.8 Å². The molecule has 2 aromatic carbocycles. The maximum absolute atomic E-state index is 13.2. The lowest BCUT2D eigenvalue weighted by molar-refractivity contribution is 0.0780. The zero-order valence-corrected chi connectivity index (χ0v) is 23.2.